The highest BCUT2D eigenvalue weighted by Crippen LogP contribution is 2.41. The van der Waals surface area contributed by atoms with Gasteiger partial charge < -0.3 is 15.0 Å². The maximum Gasteiger partial charge on any atom is 0.417 e. The number of nitrogens with one attached hydrogen (secondary N) is 1. The molecule has 0 aliphatic carbocycles. The van der Waals surface area contributed by atoms with Crippen LogP contribution in [-0.4, -0.2) is 42.3 Å². The predicted octanol–water partition coefficient (Wildman–Crippen LogP) is 3.50. The van der Waals surface area contributed by atoms with E-state index in [2.05, 4.69) is 31.2 Å². The van der Waals surface area contributed by atoms with E-state index >= 15 is 0 Å². The Morgan fingerprint density at radius 3 is 2.46 bits per heavy atom. The van der Waals surface area contributed by atoms with E-state index in [1.165, 1.54) is 7.11 Å². The minimum Gasteiger partial charge on any atom is -0.467 e. The average Bonchev–Trinajstić information content (AvgIpc) is 2.94. The number of anilines is 1. The van der Waals surface area contributed by atoms with E-state index < -0.39 is 22.0 Å². The summed E-state index contributed by atoms with van der Waals surface area (Å²) in [5.41, 5.74) is -1.28. The smallest absolute Gasteiger partial charge is 0.417 e. The fourth-order valence-corrected chi connectivity index (χ4v) is 4.20. The summed E-state index contributed by atoms with van der Waals surface area (Å²) in [4.78, 5) is 10.1. The van der Waals surface area contributed by atoms with Gasteiger partial charge in [-0.3, -0.25) is 0 Å². The highest BCUT2D eigenvalue weighted by atomic mass is 79.9. The number of hydrogen-bond acceptors (Lipinski definition) is 5. The molecule has 2 unspecified atom stereocenters. The molecule has 2 atom stereocenters. The molecule has 26 heavy (non-hydrogen) atoms. The van der Waals surface area contributed by atoms with Crippen molar-refractivity contribution < 1.29 is 22.3 Å². The van der Waals surface area contributed by atoms with Crippen molar-refractivity contribution in [2.45, 2.75) is 31.1 Å². The first-order valence-corrected chi connectivity index (χ1v) is 8.89. The van der Waals surface area contributed by atoms with Gasteiger partial charge in [0.25, 0.3) is 0 Å². The average molecular weight is 435 g/mol. The van der Waals surface area contributed by atoms with Crippen LogP contribution >= 0.6 is 15.9 Å². The number of alkyl halides is 3. The Bertz CT molecular complexity index is 864. The predicted molar refractivity (Wildman–Crippen MR) is 90.9 cm³/mol. The zero-order valence-corrected chi connectivity index (χ0v) is 15.3. The highest BCUT2D eigenvalue weighted by molar-refractivity contribution is 9.10. The quantitative estimate of drug-likeness (QED) is 0.733. The molecule has 1 aromatic carbocycles. The number of benzene rings is 1. The maximum absolute atomic E-state index is 14.7. The summed E-state index contributed by atoms with van der Waals surface area (Å²) in [7, 11) is 1.34. The zero-order chi connectivity index (χ0) is 18.6. The molecule has 1 aromatic heterocycles. The minimum absolute atomic E-state index is 0.0279. The van der Waals surface area contributed by atoms with Gasteiger partial charge in [-0.05, 0) is 34.8 Å². The Labute approximate surface area is 154 Å². The first-order valence-electron chi connectivity index (χ1n) is 8.10. The number of hydrogen-bond donors (Lipinski definition) is 1. The van der Waals surface area contributed by atoms with Crippen LogP contribution in [0.25, 0.3) is 10.9 Å². The Kier molecular flexibility index (Phi) is 4.22. The Hall–Kier alpha value is -1.68. The SMILES string of the molecule is COc1nc(N2CC3CCC(C2)N3)c2cc(C(F)(F)F)c(Br)c(F)c2n1. The fraction of sp³-hybridized carbons (Fsp3) is 0.500. The summed E-state index contributed by atoms with van der Waals surface area (Å²) in [6.07, 6.45) is -2.71. The van der Waals surface area contributed by atoms with E-state index in [1.54, 1.807) is 0 Å². The number of ether oxygens (including phenoxy) is 1. The van der Waals surface area contributed by atoms with Gasteiger partial charge in [-0.2, -0.15) is 23.1 Å². The van der Waals surface area contributed by atoms with Gasteiger partial charge in [0.05, 0.1) is 17.1 Å². The topological polar surface area (TPSA) is 50.3 Å². The van der Waals surface area contributed by atoms with Gasteiger partial charge >= 0.3 is 12.2 Å². The molecule has 0 saturated carbocycles. The van der Waals surface area contributed by atoms with Gasteiger partial charge in [0.1, 0.15) is 11.3 Å². The molecule has 2 saturated heterocycles. The lowest BCUT2D eigenvalue weighted by molar-refractivity contribution is -0.138. The van der Waals surface area contributed by atoms with Crippen LogP contribution in [0.1, 0.15) is 18.4 Å². The van der Waals surface area contributed by atoms with E-state index in [4.69, 9.17) is 4.74 Å². The molecule has 2 aliphatic rings. The largest absolute Gasteiger partial charge is 0.467 e. The molecule has 0 radical (unpaired) electrons. The summed E-state index contributed by atoms with van der Waals surface area (Å²) < 4.78 is 59.1. The van der Waals surface area contributed by atoms with Crippen LogP contribution in [0, 0.1) is 5.82 Å². The van der Waals surface area contributed by atoms with E-state index in [0.717, 1.165) is 18.9 Å². The Morgan fingerprint density at radius 1 is 1.23 bits per heavy atom. The molecule has 2 aliphatic heterocycles. The third kappa shape index (κ3) is 2.88. The second-order valence-electron chi connectivity index (χ2n) is 6.52. The number of fused-ring (bicyclic) bond motifs is 3. The molecule has 2 fully saturated rings. The number of piperazine rings is 1. The highest BCUT2D eigenvalue weighted by Gasteiger charge is 2.38. The minimum atomic E-state index is -4.70. The fourth-order valence-electron chi connectivity index (χ4n) is 3.68. The molecule has 3 heterocycles. The molecule has 2 bridgehead atoms. The number of halogens is 5. The van der Waals surface area contributed by atoms with Crippen LogP contribution in [0.4, 0.5) is 23.4 Å². The maximum atomic E-state index is 14.7. The first kappa shape index (κ1) is 17.7. The van der Waals surface area contributed by atoms with Gasteiger partial charge in [0.2, 0.25) is 0 Å². The van der Waals surface area contributed by atoms with Gasteiger partial charge in [-0.15, -0.1) is 0 Å². The molecule has 5 nitrogen and oxygen atoms in total. The zero-order valence-electron chi connectivity index (χ0n) is 13.7. The second kappa shape index (κ2) is 6.19. The van der Waals surface area contributed by atoms with Crippen molar-refractivity contribution in [3.8, 4) is 6.01 Å². The number of methoxy groups -OCH3 is 1. The standard InChI is InChI=1S/C16H15BrF4N4O/c1-26-15-23-13-9(4-10(16(19,20)21)11(17)12(13)18)14(24-15)25-5-7-2-3-8(6-25)22-7/h4,7-8,22H,2-3,5-6H2,1H3. The van der Waals surface area contributed by atoms with Gasteiger partial charge in [-0.25, -0.2) is 4.39 Å². The molecule has 0 amide bonds. The van der Waals surface area contributed by atoms with E-state index in [-0.39, 0.29) is 34.8 Å². The van der Waals surface area contributed by atoms with Crippen molar-refractivity contribution in [1.29, 1.82) is 0 Å². The van der Waals surface area contributed by atoms with Crippen LogP contribution < -0.4 is 15.0 Å². The van der Waals surface area contributed by atoms with Crippen molar-refractivity contribution in [3.63, 3.8) is 0 Å². The molecule has 10 heteroatoms. The van der Waals surface area contributed by atoms with Gasteiger partial charge in [0.15, 0.2) is 5.82 Å². The summed E-state index contributed by atoms with van der Waals surface area (Å²) in [5, 5.41) is 3.47. The number of nitrogens with zero attached hydrogens (tertiary/aromatic N) is 3. The van der Waals surface area contributed by atoms with Crippen molar-refractivity contribution in [1.82, 2.24) is 15.3 Å². The first-order chi connectivity index (χ1) is 12.3. The normalized spacial score (nSPS) is 22.9. The molecular weight excluding hydrogens is 420 g/mol. The molecule has 1 N–H and O–H groups in total. The third-order valence-corrected chi connectivity index (χ3v) is 5.61. The lowest BCUT2D eigenvalue weighted by Crippen LogP contribution is -2.51. The number of rotatable bonds is 2. The van der Waals surface area contributed by atoms with Crippen molar-refractivity contribution in [2.24, 2.45) is 0 Å². The summed E-state index contributed by atoms with van der Waals surface area (Å²) in [5.74, 6) is -0.808. The second-order valence-corrected chi connectivity index (χ2v) is 7.32. The molecule has 0 spiro atoms. The molecular formula is C16H15BrF4N4O. The van der Waals surface area contributed by atoms with E-state index in [9.17, 15) is 17.6 Å². The van der Waals surface area contributed by atoms with Crippen molar-refractivity contribution in [3.05, 3.63) is 21.9 Å². The third-order valence-electron chi connectivity index (χ3n) is 4.83. The Morgan fingerprint density at radius 2 is 1.88 bits per heavy atom. The van der Waals surface area contributed by atoms with Crippen LogP contribution in [0.5, 0.6) is 6.01 Å². The van der Waals surface area contributed by atoms with Crippen molar-refractivity contribution >= 4 is 32.7 Å². The van der Waals surface area contributed by atoms with Crippen LogP contribution in [-0.2, 0) is 6.18 Å². The lowest BCUT2D eigenvalue weighted by Gasteiger charge is -2.34. The van der Waals surface area contributed by atoms with Crippen LogP contribution in [0.3, 0.4) is 0 Å². The van der Waals surface area contributed by atoms with Crippen LogP contribution in [0.15, 0.2) is 10.5 Å². The van der Waals surface area contributed by atoms with Crippen LogP contribution in [0.2, 0.25) is 0 Å². The Balaban J connectivity index is 1.94. The summed E-state index contributed by atoms with van der Waals surface area (Å²) in [6.45, 7) is 1.18. The van der Waals surface area contributed by atoms with E-state index in [0.29, 0.717) is 13.1 Å². The summed E-state index contributed by atoms with van der Waals surface area (Å²) in [6, 6.07) is 1.31. The summed E-state index contributed by atoms with van der Waals surface area (Å²) >= 11 is 2.71. The van der Waals surface area contributed by atoms with E-state index in [1.807, 2.05) is 4.90 Å². The lowest BCUT2D eigenvalue weighted by atomic mass is 10.1. The van der Waals surface area contributed by atoms with Gasteiger partial charge in [-0.1, -0.05) is 0 Å². The molecule has 4 rings (SSSR count). The van der Waals surface area contributed by atoms with Gasteiger partial charge in [0, 0.05) is 30.6 Å². The molecule has 140 valence electrons. The van der Waals surface area contributed by atoms with Crippen molar-refractivity contribution in [2.75, 3.05) is 25.1 Å². The number of aromatic nitrogens is 2. The molecule has 2 aromatic rings. The monoisotopic (exact) mass is 434 g/mol.